The maximum absolute atomic E-state index is 9.93. The summed E-state index contributed by atoms with van der Waals surface area (Å²) in [5.41, 5.74) is 0.414. The molecule has 1 unspecified atom stereocenters. The number of benzene rings is 1. The van der Waals surface area contributed by atoms with Crippen LogP contribution in [0.5, 0.6) is 0 Å². The van der Waals surface area contributed by atoms with Gasteiger partial charge in [-0.1, -0.05) is 40.2 Å². The molecule has 0 bridgehead atoms. The summed E-state index contributed by atoms with van der Waals surface area (Å²) in [5.74, 6) is 0. The minimum absolute atomic E-state index is 0.435. The Morgan fingerprint density at radius 3 is 2.62 bits per heavy atom. The molecule has 1 radical (unpaired) electrons. The molecule has 0 aliphatic heterocycles. The number of hydrogen-bond acceptors (Lipinski definition) is 2. The first kappa shape index (κ1) is 10.8. The van der Waals surface area contributed by atoms with E-state index in [9.17, 15) is 5.11 Å². The van der Waals surface area contributed by atoms with Crippen molar-refractivity contribution < 1.29 is 10.1 Å². The largest absolute Gasteiger partial charge is 0.450 e. The van der Waals surface area contributed by atoms with Crippen LogP contribution in [0.15, 0.2) is 24.3 Å². The van der Waals surface area contributed by atoms with Crippen LogP contribution in [-0.4, -0.2) is 22.9 Å². The van der Waals surface area contributed by atoms with E-state index in [0.29, 0.717) is 10.8 Å². The smallest absolute Gasteiger partial charge is 0.327 e. The highest BCUT2D eigenvalue weighted by molar-refractivity contribution is 9.09. The highest BCUT2D eigenvalue weighted by atomic mass is 79.9. The summed E-state index contributed by atoms with van der Waals surface area (Å²) in [6.45, 7) is 1.70. The monoisotopic (exact) mass is 241 g/mol. The summed E-state index contributed by atoms with van der Waals surface area (Å²) in [4.78, 5) is 0. The van der Waals surface area contributed by atoms with Gasteiger partial charge in [0.25, 0.3) is 0 Å². The summed E-state index contributed by atoms with van der Waals surface area (Å²) < 4.78 is 0. The number of hydrogen-bond donors (Lipinski definition) is 2. The Hall–Kier alpha value is -0.315. The van der Waals surface area contributed by atoms with Crippen molar-refractivity contribution in [2.45, 2.75) is 12.5 Å². The second-order valence-corrected chi connectivity index (χ2v) is 3.68. The average molecular weight is 242 g/mol. The molecule has 2 N–H and O–H groups in total. The van der Waals surface area contributed by atoms with Crippen LogP contribution in [0.2, 0.25) is 0 Å². The summed E-state index contributed by atoms with van der Waals surface area (Å²) in [5, 5.41) is 19.3. The van der Waals surface area contributed by atoms with Gasteiger partial charge in [0, 0.05) is 5.33 Å². The van der Waals surface area contributed by atoms with Crippen LogP contribution in [-0.2, 0) is 5.60 Å². The Labute approximate surface area is 87.0 Å². The molecule has 0 aliphatic rings. The molecule has 69 valence electrons. The van der Waals surface area contributed by atoms with Gasteiger partial charge in [0.15, 0.2) is 0 Å². The Balaban J connectivity index is 3.12. The van der Waals surface area contributed by atoms with E-state index in [1.54, 1.807) is 19.1 Å². The molecule has 1 aromatic rings. The fraction of sp³-hybridized carbons (Fsp3) is 0.333. The van der Waals surface area contributed by atoms with Crippen LogP contribution in [0.4, 0.5) is 0 Å². The SMILES string of the molecule is CC(O)(CBr)c1ccccc1[B]O. The molecule has 0 amide bonds. The first-order valence-corrected chi connectivity index (χ1v) is 5.09. The molecule has 0 aliphatic carbocycles. The number of rotatable bonds is 3. The van der Waals surface area contributed by atoms with Crippen molar-refractivity contribution in [1.29, 1.82) is 0 Å². The van der Waals surface area contributed by atoms with E-state index >= 15 is 0 Å². The second-order valence-electron chi connectivity index (χ2n) is 3.12. The molecule has 0 spiro atoms. The molecule has 1 rings (SSSR count). The second kappa shape index (κ2) is 4.27. The van der Waals surface area contributed by atoms with Crippen LogP contribution in [0.1, 0.15) is 12.5 Å². The molecular weight excluding hydrogens is 231 g/mol. The number of aliphatic hydroxyl groups is 1. The minimum Gasteiger partial charge on any atom is -0.450 e. The number of alkyl halides is 1. The Morgan fingerprint density at radius 1 is 1.46 bits per heavy atom. The van der Waals surface area contributed by atoms with Gasteiger partial charge in [0.1, 0.15) is 0 Å². The lowest BCUT2D eigenvalue weighted by atomic mass is 9.79. The maximum Gasteiger partial charge on any atom is 0.327 e. The maximum atomic E-state index is 9.93. The van der Waals surface area contributed by atoms with E-state index in [0.717, 1.165) is 13.0 Å². The van der Waals surface area contributed by atoms with E-state index in [1.807, 2.05) is 12.1 Å². The molecule has 0 saturated heterocycles. The van der Waals surface area contributed by atoms with Crippen molar-refractivity contribution in [3.63, 3.8) is 0 Å². The Kier molecular flexibility index (Phi) is 3.53. The quantitative estimate of drug-likeness (QED) is 0.599. The lowest BCUT2D eigenvalue weighted by Gasteiger charge is -2.23. The third-order valence-electron chi connectivity index (χ3n) is 1.94. The summed E-state index contributed by atoms with van der Waals surface area (Å²) in [6.07, 6.45) is 0. The minimum atomic E-state index is -0.949. The predicted octanol–water partition coefficient (Wildman–Crippen LogP) is 0.526. The van der Waals surface area contributed by atoms with E-state index in [-0.39, 0.29) is 0 Å². The number of halogens is 1. The Morgan fingerprint density at radius 2 is 2.08 bits per heavy atom. The fourth-order valence-electron chi connectivity index (χ4n) is 1.17. The third kappa shape index (κ3) is 2.33. The average Bonchev–Trinajstić information content (AvgIpc) is 2.18. The van der Waals surface area contributed by atoms with Gasteiger partial charge < -0.3 is 10.1 Å². The molecule has 0 aromatic heterocycles. The summed E-state index contributed by atoms with van der Waals surface area (Å²) in [6, 6.07) is 7.20. The first-order valence-electron chi connectivity index (χ1n) is 3.97. The van der Waals surface area contributed by atoms with Crippen molar-refractivity contribution in [3.8, 4) is 0 Å². The zero-order chi connectivity index (χ0) is 9.90. The molecule has 0 saturated carbocycles. The summed E-state index contributed by atoms with van der Waals surface area (Å²) in [7, 11) is 1.01. The normalized spacial score (nSPS) is 15.1. The van der Waals surface area contributed by atoms with Gasteiger partial charge in [0.2, 0.25) is 0 Å². The van der Waals surface area contributed by atoms with Gasteiger partial charge in [-0.3, -0.25) is 0 Å². The van der Waals surface area contributed by atoms with Crippen molar-refractivity contribution in [2.24, 2.45) is 0 Å². The zero-order valence-electron chi connectivity index (χ0n) is 7.37. The third-order valence-corrected chi connectivity index (χ3v) is 3.03. The van der Waals surface area contributed by atoms with Crippen molar-refractivity contribution in [3.05, 3.63) is 29.8 Å². The highest BCUT2D eigenvalue weighted by Crippen LogP contribution is 2.20. The lowest BCUT2D eigenvalue weighted by molar-refractivity contribution is 0.0863. The molecule has 13 heavy (non-hydrogen) atoms. The first-order chi connectivity index (χ1) is 6.11. The molecule has 0 heterocycles. The van der Waals surface area contributed by atoms with Gasteiger partial charge >= 0.3 is 7.48 Å². The summed E-state index contributed by atoms with van der Waals surface area (Å²) >= 11 is 3.23. The molecule has 2 nitrogen and oxygen atoms in total. The molecule has 4 heteroatoms. The van der Waals surface area contributed by atoms with Gasteiger partial charge in [-0.05, 0) is 17.9 Å². The molecule has 1 atom stereocenters. The van der Waals surface area contributed by atoms with E-state index in [4.69, 9.17) is 5.02 Å². The Bertz CT molecular complexity index is 289. The van der Waals surface area contributed by atoms with Crippen LogP contribution >= 0.6 is 15.9 Å². The topological polar surface area (TPSA) is 40.5 Å². The van der Waals surface area contributed by atoms with Gasteiger partial charge in [0.05, 0.1) is 5.60 Å². The molecular formula is C9H11BBrO2. The highest BCUT2D eigenvalue weighted by Gasteiger charge is 2.23. The van der Waals surface area contributed by atoms with E-state index in [1.165, 1.54) is 0 Å². The lowest BCUT2D eigenvalue weighted by Crippen LogP contribution is -2.32. The van der Waals surface area contributed by atoms with Gasteiger partial charge in [-0.15, -0.1) is 0 Å². The van der Waals surface area contributed by atoms with E-state index in [2.05, 4.69) is 15.9 Å². The van der Waals surface area contributed by atoms with Crippen molar-refractivity contribution >= 4 is 28.9 Å². The van der Waals surface area contributed by atoms with Gasteiger partial charge in [-0.25, -0.2) is 0 Å². The zero-order valence-corrected chi connectivity index (χ0v) is 8.95. The standard InChI is InChI=1S/C9H11BBrO2/c1-9(12,6-11)7-4-2-3-5-8(7)10-13/h2-5,12-13H,6H2,1H3. The van der Waals surface area contributed by atoms with Crippen molar-refractivity contribution in [1.82, 2.24) is 0 Å². The van der Waals surface area contributed by atoms with Crippen LogP contribution < -0.4 is 5.46 Å². The molecule has 0 fully saturated rings. The van der Waals surface area contributed by atoms with Crippen LogP contribution in [0, 0.1) is 0 Å². The predicted molar refractivity (Wildman–Crippen MR) is 57.4 cm³/mol. The van der Waals surface area contributed by atoms with Crippen LogP contribution in [0.25, 0.3) is 0 Å². The fourth-order valence-corrected chi connectivity index (χ4v) is 1.47. The molecule has 1 aromatic carbocycles. The van der Waals surface area contributed by atoms with Gasteiger partial charge in [-0.2, -0.15) is 0 Å². The van der Waals surface area contributed by atoms with Crippen LogP contribution in [0.3, 0.4) is 0 Å². The van der Waals surface area contributed by atoms with Crippen molar-refractivity contribution in [2.75, 3.05) is 5.33 Å². The van der Waals surface area contributed by atoms with E-state index < -0.39 is 5.60 Å².